The Morgan fingerprint density at radius 1 is 0.848 bits per heavy atom. The molecule has 1 heterocycles. The van der Waals surface area contributed by atoms with Crippen LogP contribution in [0.25, 0.3) is 0 Å². The topological polar surface area (TPSA) is 69.7 Å². The number of carbonyl (C=O) groups is 3. The molecule has 0 radical (unpaired) electrons. The zero-order valence-electron chi connectivity index (χ0n) is 20.1. The molecule has 3 rings (SSSR count). The Kier molecular flexibility index (Phi) is 7.90. The van der Waals surface area contributed by atoms with Crippen LogP contribution < -0.4 is 5.32 Å². The highest BCUT2D eigenvalue weighted by Crippen LogP contribution is 2.26. The molecule has 2 aromatic rings. The highest BCUT2D eigenvalue weighted by Gasteiger charge is 2.37. The Bertz CT molecular complexity index is 949. The Morgan fingerprint density at radius 2 is 1.36 bits per heavy atom. The molecular formula is C27H35N3O3. The van der Waals surface area contributed by atoms with Gasteiger partial charge in [-0.1, -0.05) is 74.5 Å². The second-order valence-electron chi connectivity index (χ2n) is 9.62. The molecule has 1 aliphatic rings. The lowest BCUT2D eigenvalue weighted by Gasteiger charge is -2.39. The molecule has 0 aromatic heterocycles. The van der Waals surface area contributed by atoms with E-state index in [2.05, 4.69) is 5.32 Å². The van der Waals surface area contributed by atoms with Gasteiger partial charge < -0.3 is 15.1 Å². The first kappa shape index (κ1) is 24.5. The van der Waals surface area contributed by atoms with Crippen LogP contribution in [0.15, 0.2) is 60.7 Å². The average molecular weight is 450 g/mol. The predicted octanol–water partition coefficient (Wildman–Crippen LogP) is 3.54. The smallest absolute Gasteiger partial charge is 0.249 e. The summed E-state index contributed by atoms with van der Waals surface area (Å²) in [7, 11) is 0. The molecule has 0 aliphatic carbocycles. The fourth-order valence-corrected chi connectivity index (χ4v) is 4.21. The molecule has 33 heavy (non-hydrogen) atoms. The fraction of sp³-hybridized carbons (Fsp3) is 0.444. The molecule has 1 saturated heterocycles. The molecular weight excluding hydrogens is 414 g/mol. The van der Waals surface area contributed by atoms with Crippen molar-refractivity contribution in [2.24, 2.45) is 5.92 Å². The summed E-state index contributed by atoms with van der Waals surface area (Å²) in [5.74, 6) is 0.00282. The summed E-state index contributed by atoms with van der Waals surface area (Å²) in [5, 5.41) is 2.93. The predicted molar refractivity (Wildman–Crippen MR) is 129 cm³/mol. The number of piperazine rings is 1. The van der Waals surface area contributed by atoms with Gasteiger partial charge in [-0.3, -0.25) is 14.4 Å². The van der Waals surface area contributed by atoms with Crippen molar-refractivity contribution in [3.8, 4) is 0 Å². The van der Waals surface area contributed by atoms with Gasteiger partial charge in [-0.25, -0.2) is 0 Å². The van der Waals surface area contributed by atoms with Crippen molar-refractivity contribution in [2.45, 2.75) is 45.6 Å². The van der Waals surface area contributed by atoms with Crippen LogP contribution in [0.2, 0.25) is 0 Å². The molecule has 0 spiro atoms. The van der Waals surface area contributed by atoms with Crippen LogP contribution in [-0.4, -0.2) is 53.7 Å². The van der Waals surface area contributed by atoms with Crippen LogP contribution >= 0.6 is 0 Å². The van der Waals surface area contributed by atoms with Gasteiger partial charge in [0, 0.05) is 32.6 Å². The number of carbonyl (C=O) groups excluding carboxylic acids is 3. The first-order valence-corrected chi connectivity index (χ1v) is 11.7. The Labute approximate surface area is 197 Å². The first-order valence-electron chi connectivity index (χ1n) is 11.7. The van der Waals surface area contributed by atoms with E-state index >= 15 is 0 Å². The van der Waals surface area contributed by atoms with Gasteiger partial charge in [-0.15, -0.1) is 0 Å². The third-order valence-corrected chi connectivity index (χ3v) is 6.19. The molecule has 3 amide bonds. The minimum Gasteiger partial charge on any atom is -0.341 e. The summed E-state index contributed by atoms with van der Waals surface area (Å²) in [6.07, 6.45) is 0.369. The number of nitrogens with zero attached hydrogens (tertiary/aromatic N) is 2. The second-order valence-corrected chi connectivity index (χ2v) is 9.62. The zero-order valence-corrected chi connectivity index (χ0v) is 20.1. The Morgan fingerprint density at radius 3 is 1.91 bits per heavy atom. The second kappa shape index (κ2) is 10.6. The van der Waals surface area contributed by atoms with E-state index in [0.717, 1.165) is 11.1 Å². The monoisotopic (exact) mass is 449 g/mol. The number of nitrogens with one attached hydrogen (secondary N) is 1. The third kappa shape index (κ3) is 6.01. The molecule has 1 atom stereocenters. The maximum atomic E-state index is 13.4. The first-order chi connectivity index (χ1) is 15.7. The molecule has 6 nitrogen and oxygen atoms in total. The van der Waals surface area contributed by atoms with Crippen LogP contribution in [0.5, 0.6) is 0 Å². The summed E-state index contributed by atoms with van der Waals surface area (Å²) in [4.78, 5) is 42.8. The molecule has 1 N–H and O–H groups in total. The largest absolute Gasteiger partial charge is 0.341 e. The van der Waals surface area contributed by atoms with Gasteiger partial charge in [0.05, 0.1) is 5.41 Å². The van der Waals surface area contributed by atoms with Crippen LogP contribution in [0.3, 0.4) is 0 Å². The van der Waals surface area contributed by atoms with Crippen molar-refractivity contribution in [1.82, 2.24) is 15.1 Å². The highest BCUT2D eigenvalue weighted by molar-refractivity contribution is 5.90. The van der Waals surface area contributed by atoms with Crippen molar-refractivity contribution in [1.29, 1.82) is 0 Å². The summed E-state index contributed by atoms with van der Waals surface area (Å²) >= 11 is 0. The van der Waals surface area contributed by atoms with Gasteiger partial charge in [0.25, 0.3) is 0 Å². The molecule has 1 aliphatic heterocycles. The molecule has 176 valence electrons. The molecule has 6 heteroatoms. The lowest BCUT2D eigenvalue weighted by molar-refractivity contribution is -0.144. The molecule has 1 unspecified atom stereocenters. The quantitative estimate of drug-likeness (QED) is 0.703. The van der Waals surface area contributed by atoms with Crippen LogP contribution in [0.1, 0.15) is 51.3 Å². The standard InChI is InChI=1S/C27H35N3O3/c1-20(2)19-23(31)28-24(21-11-7-5-8-12-21)25(32)29-15-17-30(18-16-29)26(33)27(3,4)22-13-9-6-10-14-22/h5-14,20,24H,15-19H2,1-4H3,(H,28,31). The summed E-state index contributed by atoms with van der Waals surface area (Å²) in [5.41, 5.74) is 1.11. The molecule has 2 aromatic carbocycles. The minimum absolute atomic E-state index is 0.0608. The number of benzene rings is 2. The molecule has 1 fully saturated rings. The van der Waals surface area contributed by atoms with Crippen LogP contribution in [-0.2, 0) is 19.8 Å². The summed E-state index contributed by atoms with van der Waals surface area (Å²) in [6.45, 7) is 9.68. The lowest BCUT2D eigenvalue weighted by Crippen LogP contribution is -2.56. The number of hydrogen-bond donors (Lipinski definition) is 1. The summed E-state index contributed by atoms with van der Waals surface area (Å²) < 4.78 is 0. The summed E-state index contributed by atoms with van der Waals surface area (Å²) in [6, 6.07) is 18.4. The van der Waals surface area contributed by atoms with E-state index in [4.69, 9.17) is 0 Å². The van der Waals surface area contributed by atoms with Gasteiger partial charge in [-0.05, 0) is 30.9 Å². The van der Waals surface area contributed by atoms with E-state index in [-0.39, 0.29) is 23.6 Å². The normalized spacial score (nSPS) is 15.3. The SMILES string of the molecule is CC(C)CC(=O)NC(C(=O)N1CCN(C(=O)C(C)(C)c2ccccc2)CC1)c1ccccc1. The number of hydrogen-bond acceptors (Lipinski definition) is 3. The zero-order chi connectivity index (χ0) is 24.0. The average Bonchev–Trinajstić information content (AvgIpc) is 2.82. The van der Waals surface area contributed by atoms with Crippen LogP contribution in [0, 0.1) is 5.92 Å². The Balaban J connectivity index is 1.68. The van der Waals surface area contributed by atoms with E-state index in [9.17, 15) is 14.4 Å². The van der Waals surface area contributed by atoms with Gasteiger partial charge in [-0.2, -0.15) is 0 Å². The highest BCUT2D eigenvalue weighted by atomic mass is 16.2. The van der Waals surface area contributed by atoms with Crippen molar-refractivity contribution in [3.05, 3.63) is 71.8 Å². The minimum atomic E-state index is -0.722. The van der Waals surface area contributed by atoms with Gasteiger partial charge in [0.15, 0.2) is 0 Å². The molecule has 0 saturated carbocycles. The van der Waals surface area contributed by atoms with E-state index in [1.165, 1.54) is 0 Å². The maximum Gasteiger partial charge on any atom is 0.249 e. The van der Waals surface area contributed by atoms with E-state index in [1.54, 1.807) is 4.90 Å². The van der Waals surface area contributed by atoms with Crippen molar-refractivity contribution in [3.63, 3.8) is 0 Å². The van der Waals surface area contributed by atoms with E-state index in [1.807, 2.05) is 93.3 Å². The number of rotatable bonds is 7. The van der Waals surface area contributed by atoms with Crippen molar-refractivity contribution in [2.75, 3.05) is 26.2 Å². The van der Waals surface area contributed by atoms with E-state index < -0.39 is 11.5 Å². The third-order valence-electron chi connectivity index (χ3n) is 6.19. The van der Waals surface area contributed by atoms with Gasteiger partial charge >= 0.3 is 0 Å². The number of amides is 3. The van der Waals surface area contributed by atoms with E-state index in [0.29, 0.717) is 32.6 Å². The van der Waals surface area contributed by atoms with Gasteiger partial charge in [0.2, 0.25) is 17.7 Å². The van der Waals surface area contributed by atoms with Gasteiger partial charge in [0.1, 0.15) is 6.04 Å². The fourth-order valence-electron chi connectivity index (χ4n) is 4.21. The van der Waals surface area contributed by atoms with Crippen molar-refractivity contribution < 1.29 is 14.4 Å². The molecule has 0 bridgehead atoms. The maximum absolute atomic E-state index is 13.4. The lowest BCUT2D eigenvalue weighted by atomic mass is 9.83. The van der Waals surface area contributed by atoms with Crippen LogP contribution in [0.4, 0.5) is 0 Å². The van der Waals surface area contributed by atoms with Crippen molar-refractivity contribution >= 4 is 17.7 Å². The Hall–Kier alpha value is -3.15.